The van der Waals surface area contributed by atoms with Crippen LogP contribution in [0.25, 0.3) is 0 Å². The third-order valence-electron chi connectivity index (χ3n) is 1.99. The van der Waals surface area contributed by atoms with Gasteiger partial charge in [-0.2, -0.15) is 0 Å². The summed E-state index contributed by atoms with van der Waals surface area (Å²) in [7, 11) is 4.50. The highest BCUT2D eigenvalue weighted by molar-refractivity contribution is 5.80. The van der Waals surface area contributed by atoms with E-state index in [1.807, 2.05) is 0 Å². The molecule has 90 valence electrons. The summed E-state index contributed by atoms with van der Waals surface area (Å²) in [6, 6.07) is 0. The highest BCUT2D eigenvalue weighted by Gasteiger charge is 2.21. The molecule has 0 aromatic rings. The Morgan fingerprint density at radius 1 is 1.53 bits per heavy atom. The number of methoxy groups -OCH3 is 2. The molecule has 0 saturated heterocycles. The first-order valence-corrected chi connectivity index (χ1v) is 4.71. The maximum Gasteiger partial charge on any atom is 0.252 e. The molecule has 15 heavy (non-hydrogen) atoms. The number of rotatable bonds is 7. The summed E-state index contributed by atoms with van der Waals surface area (Å²) in [5.41, 5.74) is 5.35. The lowest BCUT2D eigenvalue weighted by Crippen LogP contribution is -2.45. The zero-order chi connectivity index (χ0) is 11.8. The highest BCUT2D eigenvalue weighted by Crippen LogP contribution is 1.97. The smallest absolute Gasteiger partial charge is 0.252 e. The number of hydrogen-bond acceptors (Lipinski definition) is 5. The Bertz CT molecular complexity index is 185. The predicted octanol–water partition coefficient (Wildman–Crippen LogP) is -1.57. The number of likely N-dealkylation sites (N-methyl/N-ethyl adjacent to an activating group) is 1. The monoisotopic (exact) mass is 220 g/mol. The van der Waals surface area contributed by atoms with E-state index in [4.69, 9.17) is 15.2 Å². The number of carbonyl (C=O) groups is 1. The Kier molecular flexibility index (Phi) is 7.23. The van der Waals surface area contributed by atoms with Gasteiger partial charge in [0.25, 0.3) is 5.91 Å². The van der Waals surface area contributed by atoms with Crippen molar-refractivity contribution >= 4 is 5.91 Å². The topological polar surface area (TPSA) is 85.0 Å². The molecule has 6 nitrogen and oxygen atoms in total. The highest BCUT2D eigenvalue weighted by atomic mass is 16.5. The van der Waals surface area contributed by atoms with Gasteiger partial charge in [0.15, 0.2) is 0 Å². The van der Waals surface area contributed by atoms with Crippen molar-refractivity contribution in [3.63, 3.8) is 0 Å². The Morgan fingerprint density at radius 3 is 2.53 bits per heavy atom. The van der Waals surface area contributed by atoms with Crippen molar-refractivity contribution in [1.82, 2.24) is 4.90 Å². The number of ether oxygens (including phenoxy) is 2. The summed E-state index contributed by atoms with van der Waals surface area (Å²) in [6.07, 6.45) is -1.34. The van der Waals surface area contributed by atoms with E-state index in [9.17, 15) is 9.90 Å². The van der Waals surface area contributed by atoms with Crippen molar-refractivity contribution in [3.05, 3.63) is 0 Å². The van der Waals surface area contributed by atoms with Crippen LogP contribution in [0.3, 0.4) is 0 Å². The fourth-order valence-electron chi connectivity index (χ4n) is 1.19. The molecule has 0 rings (SSSR count). The van der Waals surface area contributed by atoms with Gasteiger partial charge in [-0.15, -0.1) is 0 Å². The summed E-state index contributed by atoms with van der Waals surface area (Å²) in [6.45, 7) is 0.518. The normalized spacial score (nSPS) is 14.7. The van der Waals surface area contributed by atoms with Crippen molar-refractivity contribution in [2.75, 3.05) is 41.0 Å². The van der Waals surface area contributed by atoms with Crippen LogP contribution in [0.4, 0.5) is 0 Å². The summed E-state index contributed by atoms with van der Waals surface area (Å²) in [5.74, 6) is -0.241. The number of carbonyl (C=O) groups excluding carboxylic acids is 1. The number of aliphatic hydroxyl groups excluding tert-OH is 1. The number of nitrogens with zero attached hydrogens (tertiary/aromatic N) is 1. The summed E-state index contributed by atoms with van der Waals surface area (Å²) in [5, 5.41) is 9.40. The second-order valence-corrected chi connectivity index (χ2v) is 3.29. The Hall–Kier alpha value is -0.690. The molecule has 0 aromatic heterocycles. The van der Waals surface area contributed by atoms with Crippen LogP contribution in [0.15, 0.2) is 0 Å². The van der Waals surface area contributed by atoms with Crippen LogP contribution in [0, 0.1) is 0 Å². The summed E-state index contributed by atoms with van der Waals surface area (Å²) in [4.78, 5) is 13.0. The SMILES string of the molecule is COCC(O)CN(C)C(=O)C(CN)OC. The van der Waals surface area contributed by atoms with Gasteiger partial charge in [0, 0.05) is 34.4 Å². The third kappa shape index (κ3) is 5.08. The van der Waals surface area contributed by atoms with E-state index in [2.05, 4.69) is 0 Å². The third-order valence-corrected chi connectivity index (χ3v) is 1.99. The Morgan fingerprint density at radius 2 is 2.13 bits per heavy atom. The van der Waals surface area contributed by atoms with E-state index in [-0.39, 0.29) is 25.6 Å². The van der Waals surface area contributed by atoms with Crippen molar-refractivity contribution in [2.45, 2.75) is 12.2 Å². The first kappa shape index (κ1) is 14.3. The molecule has 0 fully saturated rings. The molecule has 6 heteroatoms. The molecule has 0 aliphatic carbocycles. The van der Waals surface area contributed by atoms with Gasteiger partial charge in [0.1, 0.15) is 6.10 Å². The molecule has 0 heterocycles. The van der Waals surface area contributed by atoms with Crippen LogP contribution < -0.4 is 5.73 Å². The van der Waals surface area contributed by atoms with E-state index in [1.54, 1.807) is 7.05 Å². The molecule has 1 amide bonds. The molecule has 0 spiro atoms. The van der Waals surface area contributed by atoms with Crippen molar-refractivity contribution in [3.8, 4) is 0 Å². The second-order valence-electron chi connectivity index (χ2n) is 3.29. The predicted molar refractivity (Wildman–Crippen MR) is 55.4 cm³/mol. The summed E-state index contributed by atoms with van der Waals surface area (Å²) >= 11 is 0. The van der Waals surface area contributed by atoms with Gasteiger partial charge in [-0.05, 0) is 0 Å². The average Bonchev–Trinajstić information content (AvgIpc) is 2.19. The quantitative estimate of drug-likeness (QED) is 0.541. The largest absolute Gasteiger partial charge is 0.389 e. The Balaban J connectivity index is 4.07. The molecule has 3 N–H and O–H groups in total. The van der Waals surface area contributed by atoms with Crippen molar-refractivity contribution < 1.29 is 19.4 Å². The molecule has 0 saturated carbocycles. The first-order chi connectivity index (χ1) is 7.06. The van der Waals surface area contributed by atoms with Gasteiger partial charge in [-0.3, -0.25) is 4.79 Å². The molecular formula is C9H20N2O4. The van der Waals surface area contributed by atoms with Crippen LogP contribution in [0.1, 0.15) is 0 Å². The van der Waals surface area contributed by atoms with Crippen LogP contribution in [-0.2, 0) is 14.3 Å². The summed E-state index contributed by atoms with van der Waals surface area (Å²) < 4.78 is 9.65. The number of amides is 1. The molecule has 0 aromatic carbocycles. The number of aliphatic hydroxyl groups is 1. The lowest BCUT2D eigenvalue weighted by atomic mass is 10.3. The van der Waals surface area contributed by atoms with Crippen molar-refractivity contribution in [2.24, 2.45) is 5.73 Å². The maximum absolute atomic E-state index is 11.6. The average molecular weight is 220 g/mol. The van der Waals surface area contributed by atoms with Crippen LogP contribution >= 0.6 is 0 Å². The van der Waals surface area contributed by atoms with Gasteiger partial charge >= 0.3 is 0 Å². The number of hydrogen-bond donors (Lipinski definition) is 2. The van der Waals surface area contributed by atoms with E-state index in [1.165, 1.54) is 19.1 Å². The molecular weight excluding hydrogens is 200 g/mol. The fourth-order valence-corrected chi connectivity index (χ4v) is 1.19. The second kappa shape index (κ2) is 7.58. The van der Waals surface area contributed by atoms with E-state index >= 15 is 0 Å². The van der Waals surface area contributed by atoms with Gasteiger partial charge < -0.3 is 25.2 Å². The molecule has 0 aliphatic rings. The molecule has 0 aliphatic heterocycles. The number of nitrogens with two attached hydrogens (primary N) is 1. The maximum atomic E-state index is 11.6. The minimum absolute atomic E-state index is 0.125. The van der Waals surface area contributed by atoms with Crippen LogP contribution in [-0.4, -0.2) is 69.1 Å². The van der Waals surface area contributed by atoms with Gasteiger partial charge in [0.2, 0.25) is 0 Å². The fraction of sp³-hybridized carbons (Fsp3) is 0.889. The molecule has 0 bridgehead atoms. The van der Waals surface area contributed by atoms with Crippen LogP contribution in [0.5, 0.6) is 0 Å². The minimum Gasteiger partial charge on any atom is -0.389 e. The van der Waals surface area contributed by atoms with Gasteiger partial charge in [-0.25, -0.2) is 0 Å². The van der Waals surface area contributed by atoms with E-state index in [0.29, 0.717) is 0 Å². The zero-order valence-electron chi connectivity index (χ0n) is 9.47. The lowest BCUT2D eigenvalue weighted by molar-refractivity contribution is -0.141. The first-order valence-electron chi connectivity index (χ1n) is 4.71. The molecule has 0 radical (unpaired) electrons. The molecule has 2 unspecified atom stereocenters. The lowest BCUT2D eigenvalue weighted by Gasteiger charge is -2.24. The molecule has 2 atom stereocenters. The van der Waals surface area contributed by atoms with Crippen LogP contribution in [0.2, 0.25) is 0 Å². The van der Waals surface area contributed by atoms with Crippen molar-refractivity contribution in [1.29, 1.82) is 0 Å². The van der Waals surface area contributed by atoms with E-state index < -0.39 is 12.2 Å². The minimum atomic E-state index is -0.695. The van der Waals surface area contributed by atoms with E-state index in [0.717, 1.165) is 0 Å². The Labute approximate surface area is 89.9 Å². The zero-order valence-corrected chi connectivity index (χ0v) is 9.47. The van der Waals surface area contributed by atoms with Gasteiger partial charge in [0.05, 0.1) is 12.7 Å². The van der Waals surface area contributed by atoms with Gasteiger partial charge in [-0.1, -0.05) is 0 Å². The standard InChI is InChI=1S/C9H20N2O4/c1-11(5-7(12)6-14-2)9(13)8(4-10)15-3/h7-8,12H,4-6,10H2,1-3H3.